The fourth-order valence-corrected chi connectivity index (χ4v) is 2.97. The van der Waals surface area contributed by atoms with Gasteiger partial charge in [0.15, 0.2) is 0 Å². The quantitative estimate of drug-likeness (QED) is 0.516. The number of fused-ring (bicyclic) bond motifs is 2. The van der Waals surface area contributed by atoms with E-state index >= 15 is 0 Å². The number of halogens is 1. The third-order valence-corrected chi connectivity index (χ3v) is 4.20. The highest BCUT2D eigenvalue weighted by molar-refractivity contribution is 6.31. The van der Waals surface area contributed by atoms with E-state index in [0.29, 0.717) is 11.6 Å². The van der Waals surface area contributed by atoms with Crippen LogP contribution in [-0.4, -0.2) is 12.1 Å². The second kappa shape index (κ2) is 6.06. The molecule has 5 heteroatoms. The molecule has 4 nitrogen and oxygen atoms in total. The molecule has 0 atom stereocenters. The van der Waals surface area contributed by atoms with E-state index in [0.717, 1.165) is 39.0 Å². The normalized spacial score (nSPS) is 11.1. The first kappa shape index (κ1) is 14.8. The minimum absolute atomic E-state index is 0.584. The molecule has 2 heterocycles. The number of hydrogen-bond donors (Lipinski definition) is 1. The number of hydrogen-bond acceptors (Lipinski definition) is 4. The second-order valence-corrected chi connectivity index (χ2v) is 5.90. The van der Waals surface area contributed by atoms with Gasteiger partial charge in [-0.05, 0) is 48.5 Å². The Balaban J connectivity index is 1.92. The molecule has 1 N–H and O–H groups in total. The van der Waals surface area contributed by atoms with Crippen LogP contribution in [0, 0.1) is 0 Å². The van der Waals surface area contributed by atoms with Gasteiger partial charge < -0.3 is 14.5 Å². The first-order chi connectivity index (χ1) is 11.7. The number of nitrogens with one attached hydrogen (secondary N) is 1. The van der Waals surface area contributed by atoms with E-state index in [4.69, 9.17) is 25.7 Å². The Bertz CT molecular complexity index is 1010. The molecule has 2 aromatic carbocycles. The van der Waals surface area contributed by atoms with Crippen LogP contribution in [0.1, 0.15) is 5.76 Å². The van der Waals surface area contributed by atoms with E-state index in [-0.39, 0.29) is 0 Å². The Labute approximate surface area is 144 Å². The first-order valence-electron chi connectivity index (χ1n) is 7.58. The zero-order chi connectivity index (χ0) is 16.5. The minimum atomic E-state index is 0.584. The highest BCUT2D eigenvalue weighted by Gasteiger charge is 2.11. The predicted octanol–water partition coefficient (Wildman–Crippen LogP) is 5.26. The van der Waals surface area contributed by atoms with Crippen molar-refractivity contribution in [2.75, 3.05) is 12.4 Å². The van der Waals surface area contributed by atoms with Gasteiger partial charge in [-0.25, -0.2) is 4.98 Å². The lowest BCUT2D eigenvalue weighted by atomic mass is 10.1. The molecule has 0 saturated carbocycles. The van der Waals surface area contributed by atoms with Gasteiger partial charge in [0.1, 0.15) is 11.5 Å². The standard InChI is InChI=1S/C19H15ClN2O2/c1-23-13-5-7-17-16(10-13)19(21-11-14-3-2-8-24-14)15-6-4-12(20)9-18(15)22-17/h2-10H,11H2,1H3,(H,21,22). The van der Waals surface area contributed by atoms with Crippen molar-refractivity contribution in [3.63, 3.8) is 0 Å². The van der Waals surface area contributed by atoms with Crippen LogP contribution in [-0.2, 0) is 6.54 Å². The first-order valence-corrected chi connectivity index (χ1v) is 7.95. The summed E-state index contributed by atoms with van der Waals surface area (Å²) in [6.45, 7) is 0.584. The van der Waals surface area contributed by atoms with Gasteiger partial charge in [-0.2, -0.15) is 0 Å². The van der Waals surface area contributed by atoms with Crippen molar-refractivity contribution < 1.29 is 9.15 Å². The summed E-state index contributed by atoms with van der Waals surface area (Å²) in [6, 6.07) is 15.4. The van der Waals surface area contributed by atoms with Crippen molar-refractivity contribution in [3.05, 3.63) is 65.6 Å². The molecule has 0 unspecified atom stereocenters. The smallest absolute Gasteiger partial charge is 0.122 e. The van der Waals surface area contributed by atoms with Crippen LogP contribution in [0.4, 0.5) is 5.69 Å². The maximum Gasteiger partial charge on any atom is 0.122 e. The van der Waals surface area contributed by atoms with Crippen molar-refractivity contribution in [2.24, 2.45) is 0 Å². The summed E-state index contributed by atoms with van der Waals surface area (Å²) in [4.78, 5) is 4.72. The summed E-state index contributed by atoms with van der Waals surface area (Å²) >= 11 is 6.13. The van der Waals surface area contributed by atoms with Crippen LogP contribution < -0.4 is 10.1 Å². The van der Waals surface area contributed by atoms with Crippen molar-refractivity contribution in [1.29, 1.82) is 0 Å². The van der Waals surface area contributed by atoms with E-state index in [1.165, 1.54) is 0 Å². The van der Waals surface area contributed by atoms with Crippen LogP contribution in [0.2, 0.25) is 5.02 Å². The Morgan fingerprint density at radius 3 is 2.79 bits per heavy atom. The van der Waals surface area contributed by atoms with E-state index in [1.807, 2.05) is 48.5 Å². The molecular weight excluding hydrogens is 324 g/mol. The van der Waals surface area contributed by atoms with Crippen LogP contribution in [0.25, 0.3) is 21.8 Å². The third kappa shape index (κ3) is 2.65. The summed E-state index contributed by atoms with van der Waals surface area (Å²) in [5.74, 6) is 1.66. The molecule has 120 valence electrons. The highest BCUT2D eigenvalue weighted by Crippen LogP contribution is 2.34. The summed E-state index contributed by atoms with van der Waals surface area (Å²) in [6.07, 6.45) is 1.67. The number of anilines is 1. The van der Waals surface area contributed by atoms with Gasteiger partial charge in [0, 0.05) is 15.8 Å². The lowest BCUT2D eigenvalue weighted by Gasteiger charge is -2.13. The highest BCUT2D eigenvalue weighted by atomic mass is 35.5. The van der Waals surface area contributed by atoms with Gasteiger partial charge in [0.25, 0.3) is 0 Å². The van der Waals surface area contributed by atoms with Gasteiger partial charge in [-0.3, -0.25) is 0 Å². The van der Waals surface area contributed by atoms with Gasteiger partial charge in [0.2, 0.25) is 0 Å². The topological polar surface area (TPSA) is 47.3 Å². The van der Waals surface area contributed by atoms with Gasteiger partial charge in [-0.1, -0.05) is 11.6 Å². The number of benzene rings is 2. The number of pyridine rings is 1. The maximum atomic E-state index is 6.13. The van der Waals surface area contributed by atoms with Gasteiger partial charge >= 0.3 is 0 Å². The molecule has 0 fully saturated rings. The molecule has 0 spiro atoms. The molecule has 4 rings (SSSR count). The van der Waals surface area contributed by atoms with Crippen molar-refractivity contribution in [1.82, 2.24) is 4.98 Å². The third-order valence-electron chi connectivity index (χ3n) is 3.96. The van der Waals surface area contributed by atoms with E-state index in [2.05, 4.69) is 5.32 Å². The molecule has 0 aliphatic heterocycles. The van der Waals surface area contributed by atoms with E-state index in [1.54, 1.807) is 13.4 Å². The Morgan fingerprint density at radius 2 is 2.00 bits per heavy atom. The average molecular weight is 339 g/mol. The van der Waals surface area contributed by atoms with E-state index in [9.17, 15) is 0 Å². The van der Waals surface area contributed by atoms with Crippen LogP contribution >= 0.6 is 11.6 Å². The van der Waals surface area contributed by atoms with Gasteiger partial charge in [-0.15, -0.1) is 0 Å². The molecule has 0 radical (unpaired) electrons. The summed E-state index contributed by atoms with van der Waals surface area (Å²) < 4.78 is 10.8. The van der Waals surface area contributed by atoms with Crippen LogP contribution in [0.15, 0.2) is 59.2 Å². The summed E-state index contributed by atoms with van der Waals surface area (Å²) in [5, 5.41) is 6.14. The van der Waals surface area contributed by atoms with Gasteiger partial charge in [0.05, 0.1) is 36.6 Å². The molecule has 0 bridgehead atoms. The van der Waals surface area contributed by atoms with E-state index < -0.39 is 0 Å². The van der Waals surface area contributed by atoms with Crippen LogP contribution in [0.3, 0.4) is 0 Å². The number of rotatable bonds is 4. The summed E-state index contributed by atoms with van der Waals surface area (Å²) in [7, 11) is 1.66. The number of nitrogens with zero attached hydrogens (tertiary/aromatic N) is 1. The fraction of sp³-hybridized carbons (Fsp3) is 0.105. The number of aromatic nitrogens is 1. The van der Waals surface area contributed by atoms with Crippen LogP contribution in [0.5, 0.6) is 5.75 Å². The molecule has 24 heavy (non-hydrogen) atoms. The predicted molar refractivity (Wildman–Crippen MR) is 96.8 cm³/mol. The molecule has 0 aliphatic rings. The zero-order valence-corrected chi connectivity index (χ0v) is 13.8. The summed E-state index contributed by atoms with van der Waals surface area (Å²) in [5.41, 5.74) is 2.72. The molecule has 0 saturated heterocycles. The van der Waals surface area contributed by atoms with Crippen molar-refractivity contribution in [2.45, 2.75) is 6.54 Å². The molecule has 0 aliphatic carbocycles. The lowest BCUT2D eigenvalue weighted by Crippen LogP contribution is -2.01. The molecule has 2 aromatic heterocycles. The monoisotopic (exact) mass is 338 g/mol. The van der Waals surface area contributed by atoms with Crippen molar-refractivity contribution >= 4 is 39.1 Å². The SMILES string of the molecule is COc1ccc2nc3cc(Cl)ccc3c(NCc3ccco3)c2c1. The minimum Gasteiger partial charge on any atom is -0.497 e. The molecule has 4 aromatic rings. The number of ether oxygens (including phenoxy) is 1. The Kier molecular flexibility index (Phi) is 3.75. The lowest BCUT2D eigenvalue weighted by molar-refractivity contribution is 0.415. The maximum absolute atomic E-state index is 6.13. The largest absolute Gasteiger partial charge is 0.497 e. The second-order valence-electron chi connectivity index (χ2n) is 5.46. The zero-order valence-electron chi connectivity index (χ0n) is 13.0. The number of methoxy groups -OCH3 is 1. The Hall–Kier alpha value is -2.72. The Morgan fingerprint density at radius 1 is 1.08 bits per heavy atom. The average Bonchev–Trinajstić information content (AvgIpc) is 3.11. The van der Waals surface area contributed by atoms with Crippen molar-refractivity contribution in [3.8, 4) is 5.75 Å². The molecule has 0 amide bonds. The number of furan rings is 1. The molecular formula is C19H15ClN2O2. The fourth-order valence-electron chi connectivity index (χ4n) is 2.80.